The second kappa shape index (κ2) is 27.1. The lowest BCUT2D eigenvalue weighted by atomic mass is 10.2. The number of aromatic amines is 4. The van der Waals surface area contributed by atoms with Crippen LogP contribution in [0.25, 0.3) is 86.0 Å². The van der Waals surface area contributed by atoms with Crippen molar-refractivity contribution in [3.05, 3.63) is 190 Å². The zero-order valence-corrected chi connectivity index (χ0v) is 50.7. The number of H-pyrrole nitrogens is 4. The van der Waals surface area contributed by atoms with Crippen molar-refractivity contribution in [3.8, 4) is 0 Å². The first-order valence-corrected chi connectivity index (χ1v) is 28.7. The highest BCUT2D eigenvalue weighted by Crippen LogP contribution is 2.30. The van der Waals surface area contributed by atoms with Crippen LogP contribution in [0.2, 0.25) is 0 Å². The standard InChI is InChI=1S/C9H10N2.C8H9N3.2C8H8N2O.2C8H8N2S.C7H8N4.C7H7N3/c1-6-5-7-3-2-4-8(10)9(7)11-6;2*1-5-4-6-7(11-5)2-3-10-8(6)9;1-5-4-6-2-3-10-8(9)7(6)11-5;1-5-4-6-7(11-5)2-3-10-8(6)9;1-5-4-6-2-3-10-8(9)7(6)11-5;1-4-10-5-2-3-9-7(8)6(5)11-4;1-5-2-3-6-7(4-5)9-10-8-6/h2-5,11H,10H2,1H3;2-4,11H,1H3,(H2,9,10);4*2-4H,1H3,(H2,9,10);2-3H,1H3,(H2,8,9)(H,10,11);2-4H,1H3,(H,8,9,10). The Hall–Kier alpha value is -11.1. The summed E-state index contributed by atoms with van der Waals surface area (Å²) in [6.45, 7) is 15.9. The number of fused-ring (bicyclic) bond motifs is 8. The smallest absolute Gasteiger partial charge is 0.176 e. The topological polar surface area (TPSA) is 388 Å². The maximum atomic E-state index is 5.74. The van der Waals surface area contributed by atoms with Gasteiger partial charge in [-0.25, -0.2) is 34.9 Å². The van der Waals surface area contributed by atoms with E-state index in [1.807, 2.05) is 120 Å². The summed E-state index contributed by atoms with van der Waals surface area (Å²) in [6, 6.07) is 35.4. The van der Waals surface area contributed by atoms with Crippen LogP contribution >= 0.6 is 22.7 Å². The fourth-order valence-electron chi connectivity index (χ4n) is 9.02. The molecule has 0 aliphatic heterocycles. The van der Waals surface area contributed by atoms with Gasteiger partial charge in [0.15, 0.2) is 17.2 Å². The van der Waals surface area contributed by atoms with Crippen molar-refractivity contribution in [2.45, 2.75) is 55.4 Å². The van der Waals surface area contributed by atoms with Crippen LogP contribution in [0.15, 0.2) is 155 Å². The summed E-state index contributed by atoms with van der Waals surface area (Å²) in [6.07, 6.45) is 10.2. The van der Waals surface area contributed by atoms with Crippen LogP contribution in [0, 0.1) is 55.4 Å². The van der Waals surface area contributed by atoms with Gasteiger partial charge in [0.1, 0.15) is 62.7 Å². The molecule has 22 nitrogen and oxygen atoms in total. The zero-order valence-electron chi connectivity index (χ0n) is 49.1. The average Bonchev–Trinajstić information content (AvgIpc) is 4.25. The molecule has 87 heavy (non-hydrogen) atoms. The Labute approximate surface area is 506 Å². The predicted molar refractivity (Wildman–Crippen MR) is 358 cm³/mol. The first-order chi connectivity index (χ1) is 41.8. The van der Waals surface area contributed by atoms with E-state index < -0.39 is 0 Å². The minimum absolute atomic E-state index is 0.454. The minimum Gasteiger partial charge on any atom is -0.461 e. The summed E-state index contributed by atoms with van der Waals surface area (Å²) < 4.78 is 13.0. The number of hydrogen-bond acceptors (Lipinski definition) is 20. The predicted octanol–water partition coefficient (Wildman–Crippen LogP) is 13.4. The third kappa shape index (κ3) is 15.2. The largest absolute Gasteiger partial charge is 0.461 e. The van der Waals surface area contributed by atoms with E-state index in [9.17, 15) is 0 Å². The molecule has 14 aromatic heterocycles. The normalized spacial score (nSPS) is 10.6. The van der Waals surface area contributed by atoms with E-state index in [4.69, 9.17) is 49.0 Å². The van der Waals surface area contributed by atoms with Gasteiger partial charge in [0.25, 0.3) is 0 Å². The first kappa shape index (κ1) is 60.5. The number of imidazole rings is 1. The Morgan fingerprint density at radius 1 is 0.437 bits per heavy atom. The van der Waals surface area contributed by atoms with Gasteiger partial charge in [0.05, 0.1) is 32.3 Å². The summed E-state index contributed by atoms with van der Waals surface area (Å²) >= 11 is 3.44. The lowest BCUT2D eigenvalue weighted by molar-refractivity contribution is 0.578. The van der Waals surface area contributed by atoms with Gasteiger partial charge in [-0.05, 0) is 157 Å². The van der Waals surface area contributed by atoms with Crippen LogP contribution in [0.4, 0.5) is 40.6 Å². The van der Waals surface area contributed by atoms with Crippen LogP contribution in [-0.2, 0) is 0 Å². The number of thiophene rings is 2. The maximum absolute atomic E-state index is 5.74. The monoisotopic (exact) mass is 1200 g/mol. The van der Waals surface area contributed by atoms with Crippen molar-refractivity contribution in [2.24, 2.45) is 0 Å². The van der Waals surface area contributed by atoms with Gasteiger partial charge in [-0.1, -0.05) is 18.2 Å². The Kier molecular flexibility index (Phi) is 18.8. The lowest BCUT2D eigenvalue weighted by Crippen LogP contribution is -1.89. The number of aromatic nitrogens is 13. The van der Waals surface area contributed by atoms with Gasteiger partial charge in [-0.15, -0.1) is 22.7 Å². The van der Waals surface area contributed by atoms with E-state index in [2.05, 4.69) is 103 Å². The van der Waals surface area contributed by atoms with Gasteiger partial charge in [-0.3, -0.25) is 0 Å². The molecule has 16 rings (SSSR count). The number of rotatable bonds is 0. The molecule has 0 aliphatic rings. The molecule has 16 aromatic rings. The molecule has 0 amide bonds. The molecule has 442 valence electrons. The van der Waals surface area contributed by atoms with E-state index in [1.165, 1.54) is 30.8 Å². The Balaban J connectivity index is 0.000000119. The van der Waals surface area contributed by atoms with Crippen LogP contribution < -0.4 is 40.1 Å². The van der Waals surface area contributed by atoms with Crippen LogP contribution in [0.3, 0.4) is 0 Å². The van der Waals surface area contributed by atoms with Crippen LogP contribution in [0.1, 0.15) is 44.1 Å². The molecular weight excluding hydrogens is 1130 g/mol. The average molecular weight is 1200 g/mol. The van der Waals surface area contributed by atoms with E-state index in [0.717, 1.165) is 99.3 Å². The minimum atomic E-state index is 0.454. The summed E-state index contributed by atoms with van der Waals surface area (Å²) in [5, 5.41) is 16.8. The molecule has 0 aliphatic carbocycles. The summed E-state index contributed by atoms with van der Waals surface area (Å²) in [5.74, 6) is 5.90. The van der Waals surface area contributed by atoms with Gasteiger partial charge in [-0.2, -0.15) is 15.4 Å². The third-order valence-corrected chi connectivity index (χ3v) is 15.0. The van der Waals surface area contributed by atoms with Crippen molar-refractivity contribution in [3.63, 3.8) is 0 Å². The third-order valence-electron chi connectivity index (χ3n) is 12.9. The second-order valence-electron chi connectivity index (χ2n) is 20.0. The summed E-state index contributed by atoms with van der Waals surface area (Å²) in [7, 11) is 0. The molecule has 18 N–H and O–H groups in total. The Morgan fingerprint density at radius 3 is 1.76 bits per heavy atom. The van der Waals surface area contributed by atoms with Gasteiger partial charge >= 0.3 is 0 Å². The molecule has 2 aromatic carbocycles. The van der Waals surface area contributed by atoms with Gasteiger partial charge in [0.2, 0.25) is 0 Å². The quantitative estimate of drug-likeness (QED) is 0.0628. The van der Waals surface area contributed by atoms with E-state index in [-0.39, 0.29) is 0 Å². The maximum Gasteiger partial charge on any atom is 0.176 e. The molecule has 0 radical (unpaired) electrons. The molecule has 0 saturated heterocycles. The van der Waals surface area contributed by atoms with Crippen LogP contribution in [0.5, 0.6) is 0 Å². The van der Waals surface area contributed by atoms with Crippen molar-refractivity contribution in [1.82, 2.24) is 65.3 Å². The highest BCUT2D eigenvalue weighted by Gasteiger charge is 2.07. The number of nitrogens with two attached hydrogens (primary N) is 7. The molecule has 0 bridgehead atoms. The fraction of sp³-hybridized carbons (Fsp3) is 0.127. The molecule has 0 fully saturated rings. The molecular formula is C63H66N20O2S2. The molecule has 24 heteroatoms. The molecule has 14 heterocycles. The number of furan rings is 2. The van der Waals surface area contributed by atoms with Gasteiger partial charge < -0.3 is 63.9 Å². The van der Waals surface area contributed by atoms with E-state index >= 15 is 0 Å². The highest BCUT2D eigenvalue weighted by molar-refractivity contribution is 7.19. The number of pyridine rings is 6. The summed E-state index contributed by atoms with van der Waals surface area (Å²) in [5.41, 5.74) is 50.9. The van der Waals surface area contributed by atoms with E-state index in [1.54, 1.807) is 65.9 Å². The zero-order chi connectivity index (χ0) is 61.9. The highest BCUT2D eigenvalue weighted by atomic mass is 32.1. The number of nitrogen functional groups attached to an aromatic ring is 7. The van der Waals surface area contributed by atoms with Crippen molar-refractivity contribution in [1.29, 1.82) is 0 Å². The molecule has 0 saturated carbocycles. The Morgan fingerprint density at radius 2 is 1.06 bits per heavy atom. The first-order valence-electron chi connectivity index (χ1n) is 27.1. The fourth-order valence-corrected chi connectivity index (χ4v) is 10.9. The van der Waals surface area contributed by atoms with E-state index in [0.29, 0.717) is 40.5 Å². The molecule has 0 unspecified atom stereocenters. The SMILES string of the molecule is Cc1cc2c(N)nccc2[nH]1.Cc1cc2c(N)nccc2o1.Cc1cc2c(N)nccc2s1.Cc1cc2cccc(N)c2[nH]1.Cc1cc2ccnc(N)c2o1.Cc1cc2ccnc(N)c2s1.Cc1ccc2n[nH]nc2c1.Cc1nc2c(N)nccc2[nH]1. The Bertz CT molecular complexity index is 4180. The number of aryl methyl sites for hydroxylation is 8. The number of nitrogens with one attached hydrogen (secondary N) is 4. The number of anilines is 7. The van der Waals surface area contributed by atoms with Crippen molar-refractivity contribution in [2.75, 3.05) is 40.1 Å². The van der Waals surface area contributed by atoms with Crippen LogP contribution in [-0.4, -0.2) is 65.3 Å². The number of benzene rings is 2. The van der Waals surface area contributed by atoms with Crippen molar-refractivity contribution >= 4 is 149 Å². The summed E-state index contributed by atoms with van der Waals surface area (Å²) in [4.78, 5) is 39.9. The van der Waals surface area contributed by atoms with Crippen molar-refractivity contribution < 1.29 is 8.83 Å². The molecule has 0 atom stereocenters. The molecule has 0 spiro atoms. The number of nitrogens with zero attached hydrogens (tertiary/aromatic N) is 9. The number of hydrogen-bond donors (Lipinski definition) is 11. The number of para-hydroxylation sites is 1. The lowest BCUT2D eigenvalue weighted by Gasteiger charge is -1.92. The van der Waals surface area contributed by atoms with Gasteiger partial charge in [0, 0.05) is 84.6 Å². The second-order valence-corrected chi connectivity index (χ2v) is 22.5.